The van der Waals surface area contributed by atoms with Gasteiger partial charge >= 0.3 is 11.9 Å². The minimum absolute atomic E-state index is 0.153. The summed E-state index contributed by atoms with van der Waals surface area (Å²) in [6.45, 7) is 18.7. The van der Waals surface area contributed by atoms with E-state index in [0.29, 0.717) is 26.2 Å². The highest BCUT2D eigenvalue weighted by atomic mass is 16.6. The van der Waals surface area contributed by atoms with Gasteiger partial charge in [-0.15, -0.1) is 0 Å². The number of hydrogen-bond acceptors (Lipinski definition) is 8. The Kier molecular flexibility index (Phi) is 9.62. The number of aliphatic hydroxyl groups excluding tert-OH is 2. The van der Waals surface area contributed by atoms with Crippen molar-refractivity contribution < 1.29 is 29.3 Å². The van der Waals surface area contributed by atoms with Gasteiger partial charge in [-0.1, -0.05) is 30.3 Å². The minimum atomic E-state index is -0.879. The van der Waals surface area contributed by atoms with Crippen molar-refractivity contribution >= 4 is 11.9 Å². The van der Waals surface area contributed by atoms with Crippen molar-refractivity contribution in [3.63, 3.8) is 0 Å². The summed E-state index contributed by atoms with van der Waals surface area (Å²) in [5.74, 6) is -0.637. The lowest BCUT2D eigenvalue weighted by Gasteiger charge is -2.30. The van der Waals surface area contributed by atoms with E-state index in [1.54, 1.807) is 13.8 Å². The predicted molar refractivity (Wildman–Crippen MR) is 144 cm³/mol. The molecule has 0 radical (unpaired) electrons. The first-order valence-electron chi connectivity index (χ1n) is 13.1. The zero-order valence-corrected chi connectivity index (χ0v) is 24.4. The van der Waals surface area contributed by atoms with Gasteiger partial charge in [0.15, 0.2) is 0 Å². The fraction of sp³-hybridized carbons (Fsp3) is 0.724. The number of aliphatic hydroxyl groups is 2. The first-order chi connectivity index (χ1) is 16.8. The maximum absolute atomic E-state index is 12.5. The van der Waals surface area contributed by atoms with Crippen molar-refractivity contribution in [3.05, 3.63) is 35.9 Å². The molecule has 5 atom stereocenters. The van der Waals surface area contributed by atoms with Gasteiger partial charge in [0.1, 0.15) is 22.0 Å². The quantitative estimate of drug-likeness (QED) is 0.583. The highest BCUT2D eigenvalue weighted by Gasteiger charge is 2.51. The van der Waals surface area contributed by atoms with Gasteiger partial charge in [0.05, 0.1) is 12.2 Å². The van der Waals surface area contributed by atoms with Crippen LogP contribution in [0.1, 0.15) is 73.9 Å². The molecule has 2 unspecified atom stereocenters. The van der Waals surface area contributed by atoms with Gasteiger partial charge in [-0.3, -0.25) is 14.5 Å². The molecule has 8 nitrogen and oxygen atoms in total. The molecule has 2 aliphatic heterocycles. The number of carbonyl (C=O) groups is 2. The number of esters is 2. The molecule has 37 heavy (non-hydrogen) atoms. The molecular formula is C29H48N2O6. The van der Waals surface area contributed by atoms with Gasteiger partial charge in [-0.05, 0) is 74.9 Å². The standard InChI is InChI=1S/C18H27NO3.C11H21NO3/c1-13(14-9-7-6-8-10-14)19-11-15(20)18(5,12-19)16(21)22-17(2,3)4;1-10(2,3)15-9(14)11(4)7-12(5)6-8(11)13/h6-10,13,15,20H,11-12H2,1-5H3;8,13H,6-7H2,1-5H3/t13-,15?,18+;8?,11-/m01/s1. The average Bonchev–Trinajstić information content (AvgIpc) is 3.21. The normalized spacial score (nSPS) is 29.8. The predicted octanol–water partition coefficient (Wildman–Crippen LogP) is 3.41. The topological polar surface area (TPSA) is 99.5 Å². The summed E-state index contributed by atoms with van der Waals surface area (Å²) in [6.07, 6.45) is -1.36. The Morgan fingerprint density at radius 2 is 1.30 bits per heavy atom. The molecule has 2 aliphatic rings. The third-order valence-electron chi connectivity index (χ3n) is 7.05. The Morgan fingerprint density at radius 1 is 0.865 bits per heavy atom. The summed E-state index contributed by atoms with van der Waals surface area (Å²) in [4.78, 5) is 28.5. The van der Waals surface area contributed by atoms with Crippen molar-refractivity contribution in [2.24, 2.45) is 10.8 Å². The third-order valence-corrected chi connectivity index (χ3v) is 7.05. The van der Waals surface area contributed by atoms with E-state index in [2.05, 4.69) is 24.0 Å². The number of likely N-dealkylation sites (tertiary alicyclic amines) is 2. The summed E-state index contributed by atoms with van der Waals surface area (Å²) >= 11 is 0. The SMILES string of the molecule is CN1CC(O)[C@](C)(C(=O)OC(C)(C)C)C1.C[C@@H](c1ccccc1)N1CC(O)[C@](C)(C(=O)OC(C)(C)C)C1. The lowest BCUT2D eigenvalue weighted by molar-refractivity contribution is -0.171. The molecule has 2 saturated heterocycles. The van der Waals surface area contributed by atoms with Crippen LogP contribution in [0.15, 0.2) is 30.3 Å². The van der Waals surface area contributed by atoms with Crippen LogP contribution in [0.4, 0.5) is 0 Å². The number of carbonyl (C=O) groups excluding carboxylic acids is 2. The van der Waals surface area contributed by atoms with Crippen LogP contribution in [-0.2, 0) is 19.1 Å². The van der Waals surface area contributed by atoms with Crippen LogP contribution in [-0.4, -0.2) is 88.6 Å². The molecule has 8 heteroatoms. The molecule has 0 saturated carbocycles. The second kappa shape index (κ2) is 11.4. The summed E-state index contributed by atoms with van der Waals surface area (Å²) in [7, 11) is 1.89. The number of rotatable bonds is 4. The largest absolute Gasteiger partial charge is 0.459 e. The third kappa shape index (κ3) is 7.99. The molecular weight excluding hydrogens is 472 g/mol. The molecule has 0 amide bonds. The number of ether oxygens (including phenoxy) is 2. The van der Waals surface area contributed by atoms with Crippen LogP contribution in [0.25, 0.3) is 0 Å². The second-order valence-corrected chi connectivity index (χ2v) is 13.1. The average molecular weight is 521 g/mol. The molecule has 210 valence electrons. The van der Waals surface area contributed by atoms with Crippen LogP contribution in [0.2, 0.25) is 0 Å². The fourth-order valence-electron chi connectivity index (χ4n) is 4.67. The van der Waals surface area contributed by atoms with Gasteiger partial charge in [0.2, 0.25) is 0 Å². The number of likely N-dealkylation sites (N-methyl/N-ethyl adjacent to an activating group) is 1. The van der Waals surface area contributed by atoms with Crippen LogP contribution in [0, 0.1) is 10.8 Å². The second-order valence-electron chi connectivity index (χ2n) is 13.1. The first kappa shape index (κ1) is 31.2. The maximum atomic E-state index is 12.5. The van der Waals surface area contributed by atoms with Crippen molar-refractivity contribution in [2.45, 2.75) is 91.8 Å². The zero-order chi connectivity index (χ0) is 28.4. The van der Waals surface area contributed by atoms with E-state index in [0.717, 1.165) is 0 Å². The smallest absolute Gasteiger partial charge is 0.316 e. The summed E-state index contributed by atoms with van der Waals surface area (Å²) in [6, 6.07) is 10.3. The lowest BCUT2D eigenvalue weighted by Crippen LogP contribution is -2.43. The summed E-state index contributed by atoms with van der Waals surface area (Å²) in [5, 5.41) is 20.3. The Hall–Kier alpha value is -2.00. The fourth-order valence-corrected chi connectivity index (χ4v) is 4.67. The van der Waals surface area contributed by atoms with Crippen LogP contribution >= 0.6 is 0 Å². The molecule has 2 fully saturated rings. The van der Waals surface area contributed by atoms with Crippen molar-refractivity contribution in [1.29, 1.82) is 0 Å². The van der Waals surface area contributed by atoms with Crippen LogP contribution in [0.3, 0.4) is 0 Å². The van der Waals surface area contributed by atoms with E-state index >= 15 is 0 Å². The van der Waals surface area contributed by atoms with Crippen molar-refractivity contribution in [3.8, 4) is 0 Å². The summed E-state index contributed by atoms with van der Waals surface area (Å²) in [5.41, 5.74) is -1.53. The van der Waals surface area contributed by atoms with Gasteiger partial charge in [0.25, 0.3) is 0 Å². The summed E-state index contributed by atoms with van der Waals surface area (Å²) < 4.78 is 10.8. The Balaban J connectivity index is 0.000000281. The van der Waals surface area contributed by atoms with Crippen LogP contribution in [0.5, 0.6) is 0 Å². The minimum Gasteiger partial charge on any atom is -0.459 e. The molecule has 0 bridgehead atoms. The molecule has 0 spiro atoms. The molecule has 0 aliphatic carbocycles. The van der Waals surface area contributed by atoms with E-state index in [1.807, 2.05) is 71.7 Å². The Labute approximate surface area is 222 Å². The van der Waals surface area contributed by atoms with Gasteiger partial charge < -0.3 is 24.6 Å². The monoisotopic (exact) mass is 520 g/mol. The van der Waals surface area contributed by atoms with Gasteiger partial charge in [-0.2, -0.15) is 0 Å². The highest BCUT2D eigenvalue weighted by Crippen LogP contribution is 2.37. The van der Waals surface area contributed by atoms with E-state index in [-0.39, 0.29) is 18.0 Å². The van der Waals surface area contributed by atoms with E-state index in [1.165, 1.54) is 5.56 Å². The zero-order valence-electron chi connectivity index (χ0n) is 24.4. The van der Waals surface area contributed by atoms with Crippen molar-refractivity contribution in [1.82, 2.24) is 9.80 Å². The molecule has 0 aromatic heterocycles. The number of hydrogen-bond donors (Lipinski definition) is 2. The van der Waals surface area contributed by atoms with Gasteiger partial charge in [-0.25, -0.2) is 0 Å². The maximum Gasteiger partial charge on any atom is 0.316 e. The lowest BCUT2D eigenvalue weighted by atomic mass is 9.87. The molecule has 2 heterocycles. The Bertz CT molecular complexity index is 925. The van der Waals surface area contributed by atoms with Crippen LogP contribution < -0.4 is 0 Å². The number of benzene rings is 1. The first-order valence-corrected chi connectivity index (χ1v) is 13.1. The van der Waals surface area contributed by atoms with E-state index < -0.39 is 34.2 Å². The molecule has 1 aromatic rings. The molecule has 3 rings (SSSR count). The molecule has 2 N–H and O–H groups in total. The highest BCUT2D eigenvalue weighted by molar-refractivity contribution is 5.79. The van der Waals surface area contributed by atoms with E-state index in [9.17, 15) is 19.8 Å². The number of nitrogens with zero attached hydrogens (tertiary/aromatic N) is 2. The van der Waals surface area contributed by atoms with Crippen molar-refractivity contribution in [2.75, 3.05) is 33.2 Å². The number of β-amino-alcohol motifs (C(OH)–C–C–N with tert-alkyl or cyclic N) is 2. The van der Waals surface area contributed by atoms with Gasteiger partial charge in [0, 0.05) is 32.2 Å². The van der Waals surface area contributed by atoms with E-state index in [4.69, 9.17) is 9.47 Å². The molecule has 1 aromatic carbocycles. The Morgan fingerprint density at radius 3 is 1.70 bits per heavy atom.